The molecule has 104 valence electrons. The van der Waals surface area contributed by atoms with Gasteiger partial charge in [-0.25, -0.2) is 4.39 Å². The van der Waals surface area contributed by atoms with E-state index in [1.54, 1.807) is 6.07 Å². The third-order valence-corrected chi connectivity index (χ3v) is 3.82. The van der Waals surface area contributed by atoms with E-state index in [4.69, 9.17) is 16.3 Å². The lowest BCUT2D eigenvalue weighted by Gasteiger charge is -2.15. The zero-order valence-corrected chi connectivity index (χ0v) is 11.6. The van der Waals surface area contributed by atoms with Gasteiger partial charge in [0.25, 0.3) is 5.91 Å². The highest BCUT2D eigenvalue weighted by Crippen LogP contribution is 2.48. The minimum atomic E-state index is -0.570. The van der Waals surface area contributed by atoms with Gasteiger partial charge in [0, 0.05) is 12.4 Å². The first kappa shape index (κ1) is 14.1. The van der Waals surface area contributed by atoms with E-state index in [0.29, 0.717) is 12.4 Å². The molecule has 2 rings (SSSR count). The second-order valence-corrected chi connectivity index (χ2v) is 5.32. The van der Waals surface area contributed by atoms with Crippen molar-refractivity contribution in [1.82, 2.24) is 5.32 Å². The molecule has 1 fully saturated rings. The number of rotatable bonds is 6. The number of amides is 1. The fourth-order valence-corrected chi connectivity index (χ4v) is 2.54. The lowest BCUT2D eigenvalue weighted by Crippen LogP contribution is -2.31. The molecule has 0 bridgehead atoms. The van der Waals surface area contributed by atoms with Gasteiger partial charge in [0.05, 0.1) is 7.11 Å². The molecule has 0 heterocycles. The lowest BCUT2D eigenvalue weighted by atomic mass is 10.0. The van der Waals surface area contributed by atoms with E-state index in [0.717, 1.165) is 19.3 Å². The number of carbonyl (C=O) groups excluding carboxylic acids is 1. The van der Waals surface area contributed by atoms with Gasteiger partial charge in [-0.15, -0.1) is 11.6 Å². The van der Waals surface area contributed by atoms with Crippen molar-refractivity contribution in [2.75, 3.05) is 19.5 Å². The van der Waals surface area contributed by atoms with Gasteiger partial charge in [-0.1, -0.05) is 6.07 Å². The molecule has 19 heavy (non-hydrogen) atoms. The van der Waals surface area contributed by atoms with E-state index in [9.17, 15) is 9.18 Å². The molecule has 1 aromatic rings. The van der Waals surface area contributed by atoms with Crippen molar-refractivity contribution in [3.8, 4) is 5.75 Å². The molecule has 0 aliphatic heterocycles. The molecule has 0 unspecified atom stereocenters. The van der Waals surface area contributed by atoms with Crippen LogP contribution in [-0.2, 0) is 0 Å². The Morgan fingerprint density at radius 2 is 2.26 bits per heavy atom. The Balaban J connectivity index is 2.04. The summed E-state index contributed by atoms with van der Waals surface area (Å²) >= 11 is 5.74. The summed E-state index contributed by atoms with van der Waals surface area (Å²) in [5.74, 6) is -0.173. The van der Waals surface area contributed by atoms with E-state index in [1.165, 1.54) is 19.2 Å². The van der Waals surface area contributed by atoms with Crippen LogP contribution in [0.3, 0.4) is 0 Å². The molecule has 1 N–H and O–H groups in total. The van der Waals surface area contributed by atoms with Gasteiger partial charge in [0.15, 0.2) is 0 Å². The number of ether oxygens (including phenoxy) is 1. The van der Waals surface area contributed by atoms with Gasteiger partial charge in [0.2, 0.25) is 0 Å². The molecular formula is C14H17ClFNO2. The molecule has 1 aliphatic carbocycles. The quantitative estimate of drug-likeness (QED) is 0.816. The smallest absolute Gasteiger partial charge is 0.258 e. The molecule has 1 aromatic carbocycles. The summed E-state index contributed by atoms with van der Waals surface area (Å²) in [6.45, 7) is 0.538. The first-order chi connectivity index (χ1) is 9.12. The fraction of sp³-hybridized carbons (Fsp3) is 0.500. The standard InChI is InChI=1S/C14H17ClFNO2/c1-19-11-4-2-3-10(16)12(11)13(18)17-9-14(5-6-14)7-8-15/h2-4H,5-9H2,1H3,(H,17,18). The summed E-state index contributed by atoms with van der Waals surface area (Å²) in [7, 11) is 1.42. The summed E-state index contributed by atoms with van der Waals surface area (Å²) < 4.78 is 18.7. The summed E-state index contributed by atoms with van der Waals surface area (Å²) in [5, 5.41) is 2.78. The second kappa shape index (κ2) is 5.78. The van der Waals surface area contributed by atoms with Crippen LogP contribution < -0.4 is 10.1 Å². The van der Waals surface area contributed by atoms with E-state index in [-0.39, 0.29) is 16.7 Å². The highest BCUT2D eigenvalue weighted by atomic mass is 35.5. The molecule has 5 heteroatoms. The number of halogens is 2. The van der Waals surface area contributed by atoms with Crippen LogP contribution in [0.15, 0.2) is 18.2 Å². The third kappa shape index (κ3) is 3.18. The van der Waals surface area contributed by atoms with Crippen LogP contribution in [0.4, 0.5) is 4.39 Å². The molecule has 1 aliphatic rings. The summed E-state index contributed by atoms with van der Waals surface area (Å²) in [5.41, 5.74) is 0.0854. The first-order valence-electron chi connectivity index (χ1n) is 6.28. The van der Waals surface area contributed by atoms with Crippen molar-refractivity contribution < 1.29 is 13.9 Å². The average molecular weight is 286 g/mol. The topological polar surface area (TPSA) is 38.3 Å². The SMILES string of the molecule is COc1cccc(F)c1C(=O)NCC1(CCCl)CC1. The van der Waals surface area contributed by atoms with Gasteiger partial charge in [0.1, 0.15) is 17.1 Å². The van der Waals surface area contributed by atoms with Crippen LogP contribution in [-0.4, -0.2) is 25.4 Å². The van der Waals surface area contributed by atoms with Gasteiger partial charge in [-0.05, 0) is 36.8 Å². The molecule has 0 saturated heterocycles. The lowest BCUT2D eigenvalue weighted by molar-refractivity contribution is 0.0937. The average Bonchev–Trinajstić information content (AvgIpc) is 3.16. The van der Waals surface area contributed by atoms with Crippen molar-refractivity contribution in [2.24, 2.45) is 5.41 Å². The minimum absolute atomic E-state index is 0.0355. The van der Waals surface area contributed by atoms with Crippen LogP contribution in [0.2, 0.25) is 0 Å². The van der Waals surface area contributed by atoms with Crippen LogP contribution in [0, 0.1) is 11.2 Å². The number of nitrogens with one attached hydrogen (secondary N) is 1. The normalized spacial score (nSPS) is 15.9. The third-order valence-electron chi connectivity index (χ3n) is 3.63. The number of hydrogen-bond donors (Lipinski definition) is 1. The Morgan fingerprint density at radius 3 is 2.84 bits per heavy atom. The summed E-state index contributed by atoms with van der Waals surface area (Å²) in [6, 6.07) is 4.34. The molecule has 0 radical (unpaired) electrons. The number of hydrogen-bond acceptors (Lipinski definition) is 2. The number of carbonyl (C=O) groups is 1. The number of alkyl halides is 1. The van der Waals surface area contributed by atoms with Crippen LogP contribution in [0.25, 0.3) is 0 Å². The molecule has 1 amide bonds. The maximum Gasteiger partial charge on any atom is 0.258 e. The fourth-order valence-electron chi connectivity index (χ4n) is 2.14. The Morgan fingerprint density at radius 1 is 1.53 bits per heavy atom. The molecular weight excluding hydrogens is 269 g/mol. The van der Waals surface area contributed by atoms with E-state index in [2.05, 4.69) is 5.32 Å². The van der Waals surface area contributed by atoms with Crippen LogP contribution in [0.1, 0.15) is 29.6 Å². The van der Waals surface area contributed by atoms with Crippen molar-refractivity contribution in [3.63, 3.8) is 0 Å². The van der Waals surface area contributed by atoms with E-state index >= 15 is 0 Å². The van der Waals surface area contributed by atoms with Crippen molar-refractivity contribution in [2.45, 2.75) is 19.3 Å². The van der Waals surface area contributed by atoms with Gasteiger partial charge >= 0.3 is 0 Å². The maximum atomic E-state index is 13.7. The molecule has 1 saturated carbocycles. The Bertz CT molecular complexity index is 475. The molecule has 0 aromatic heterocycles. The second-order valence-electron chi connectivity index (χ2n) is 4.94. The largest absolute Gasteiger partial charge is 0.496 e. The predicted molar refractivity (Wildman–Crippen MR) is 72.3 cm³/mol. The highest BCUT2D eigenvalue weighted by Gasteiger charge is 2.42. The van der Waals surface area contributed by atoms with Crippen molar-refractivity contribution in [3.05, 3.63) is 29.6 Å². The maximum absolute atomic E-state index is 13.7. The Labute approximate surface area is 117 Å². The van der Waals surface area contributed by atoms with Gasteiger partial charge in [-0.2, -0.15) is 0 Å². The van der Waals surface area contributed by atoms with Crippen LogP contribution in [0.5, 0.6) is 5.75 Å². The zero-order valence-electron chi connectivity index (χ0n) is 10.8. The highest BCUT2D eigenvalue weighted by molar-refractivity contribution is 6.17. The van der Waals surface area contributed by atoms with Crippen molar-refractivity contribution in [1.29, 1.82) is 0 Å². The van der Waals surface area contributed by atoms with Gasteiger partial charge in [-0.3, -0.25) is 4.79 Å². The minimum Gasteiger partial charge on any atom is -0.496 e. The number of benzene rings is 1. The van der Waals surface area contributed by atoms with Crippen molar-refractivity contribution >= 4 is 17.5 Å². The van der Waals surface area contributed by atoms with Gasteiger partial charge < -0.3 is 10.1 Å². The molecule has 0 atom stereocenters. The summed E-state index contributed by atoms with van der Waals surface area (Å²) in [6.07, 6.45) is 3.01. The zero-order chi connectivity index (χ0) is 13.9. The first-order valence-corrected chi connectivity index (χ1v) is 6.82. The summed E-state index contributed by atoms with van der Waals surface area (Å²) in [4.78, 5) is 12.1. The molecule has 0 spiro atoms. The Kier molecular flexibility index (Phi) is 4.30. The monoisotopic (exact) mass is 285 g/mol. The van der Waals surface area contributed by atoms with E-state index in [1.807, 2.05) is 0 Å². The Hall–Kier alpha value is -1.29. The van der Waals surface area contributed by atoms with E-state index < -0.39 is 11.7 Å². The predicted octanol–water partition coefficient (Wildman–Crippen LogP) is 2.97. The molecule has 3 nitrogen and oxygen atoms in total. The van der Waals surface area contributed by atoms with Crippen LogP contribution >= 0.6 is 11.6 Å². The number of methoxy groups -OCH3 is 1.